The maximum Gasteiger partial charge on any atom is 0.269 e. The van der Waals surface area contributed by atoms with E-state index in [-0.39, 0.29) is 11.6 Å². The van der Waals surface area contributed by atoms with Crippen molar-refractivity contribution in [3.05, 3.63) is 88.8 Å². The molecule has 2 aromatic carbocycles. The number of benzene rings is 2. The molecule has 1 amide bonds. The highest BCUT2D eigenvalue weighted by atomic mass is 16.6. The molecule has 0 aliphatic carbocycles. The van der Waals surface area contributed by atoms with Crippen LogP contribution in [0.2, 0.25) is 0 Å². The fourth-order valence-electron chi connectivity index (χ4n) is 4.43. The van der Waals surface area contributed by atoms with Crippen molar-refractivity contribution in [2.45, 2.75) is 6.54 Å². The number of carbonyl (C=O) groups excluding carboxylic acids is 1. The van der Waals surface area contributed by atoms with Crippen molar-refractivity contribution >= 4 is 34.5 Å². The quantitative estimate of drug-likeness (QED) is 0.197. The van der Waals surface area contributed by atoms with Crippen LogP contribution in [0.15, 0.2) is 67.5 Å². The van der Waals surface area contributed by atoms with Gasteiger partial charge in [0.2, 0.25) is 5.95 Å². The summed E-state index contributed by atoms with van der Waals surface area (Å²) in [4.78, 5) is 41.6. The number of hydrogen-bond donors (Lipinski definition) is 1. The number of nitro groups is 1. The molecule has 3 heterocycles. The third-order valence-electron chi connectivity index (χ3n) is 6.55. The van der Waals surface area contributed by atoms with Crippen LogP contribution in [0.1, 0.15) is 15.9 Å². The molecular weight excluding hydrogens is 500 g/mol. The zero-order valence-electron chi connectivity index (χ0n) is 21.5. The van der Waals surface area contributed by atoms with Crippen LogP contribution in [0.5, 0.6) is 5.75 Å². The maximum absolute atomic E-state index is 13.0. The van der Waals surface area contributed by atoms with E-state index < -0.39 is 4.92 Å². The summed E-state index contributed by atoms with van der Waals surface area (Å²) in [6.45, 7) is 6.93. The predicted molar refractivity (Wildman–Crippen MR) is 147 cm³/mol. The number of ether oxygens (including phenoxy) is 1. The van der Waals surface area contributed by atoms with Crippen molar-refractivity contribution < 1.29 is 14.5 Å². The van der Waals surface area contributed by atoms with Gasteiger partial charge in [-0.1, -0.05) is 18.2 Å². The number of non-ortho nitro benzene ring substituents is 1. The first-order valence-electron chi connectivity index (χ1n) is 12.5. The minimum atomic E-state index is -0.419. The van der Waals surface area contributed by atoms with Crippen LogP contribution in [-0.4, -0.2) is 75.1 Å². The summed E-state index contributed by atoms with van der Waals surface area (Å²) >= 11 is 0. The number of anilines is 2. The van der Waals surface area contributed by atoms with Gasteiger partial charge in [-0.2, -0.15) is 9.97 Å². The van der Waals surface area contributed by atoms with E-state index >= 15 is 0 Å². The second-order valence-electron chi connectivity index (χ2n) is 9.02. The largest absolute Gasteiger partial charge is 0.497 e. The molecular formula is C27H28N8O4. The van der Waals surface area contributed by atoms with Gasteiger partial charge in [-0.25, -0.2) is 4.98 Å². The molecule has 12 nitrogen and oxygen atoms in total. The van der Waals surface area contributed by atoms with Crippen molar-refractivity contribution in [1.82, 2.24) is 24.4 Å². The standard InChI is InChI=1S/C27H28N8O4/c1-3-12-28-24-23-25(34(18-29-23)17-19-4-8-21(9-5-19)35(37)38)31-27(30-24)33-15-13-32(14-16-33)26(36)20-6-10-22(39-2)11-7-20/h3-11,18H,1,12-17H2,2H3,(H,28,30,31). The topological polar surface area (TPSA) is 132 Å². The number of nitro benzene ring substituents is 1. The van der Waals surface area contributed by atoms with E-state index in [0.29, 0.717) is 73.5 Å². The Morgan fingerprint density at radius 3 is 2.46 bits per heavy atom. The number of imidazole rings is 1. The summed E-state index contributed by atoms with van der Waals surface area (Å²) in [6.07, 6.45) is 3.43. The monoisotopic (exact) mass is 528 g/mol. The zero-order chi connectivity index (χ0) is 27.4. The molecule has 1 N–H and O–H groups in total. The van der Waals surface area contributed by atoms with Crippen LogP contribution in [0.3, 0.4) is 0 Å². The van der Waals surface area contributed by atoms with E-state index in [1.54, 1.807) is 55.9 Å². The summed E-state index contributed by atoms with van der Waals surface area (Å²) in [5.41, 5.74) is 2.80. The first kappa shape index (κ1) is 25.6. The first-order chi connectivity index (χ1) is 19.0. The van der Waals surface area contributed by atoms with Crippen LogP contribution < -0.4 is 15.0 Å². The van der Waals surface area contributed by atoms with E-state index in [0.717, 1.165) is 5.56 Å². The summed E-state index contributed by atoms with van der Waals surface area (Å²) in [6, 6.07) is 13.5. The molecule has 0 spiro atoms. The average molecular weight is 529 g/mol. The van der Waals surface area contributed by atoms with E-state index in [2.05, 4.69) is 21.8 Å². The molecule has 0 saturated carbocycles. The number of methoxy groups -OCH3 is 1. The number of nitrogens with one attached hydrogen (secondary N) is 1. The maximum atomic E-state index is 13.0. The number of fused-ring (bicyclic) bond motifs is 1. The molecule has 2 aromatic heterocycles. The molecule has 0 atom stereocenters. The highest BCUT2D eigenvalue weighted by Gasteiger charge is 2.25. The molecule has 5 rings (SSSR count). The van der Waals surface area contributed by atoms with Gasteiger partial charge in [-0.05, 0) is 29.8 Å². The van der Waals surface area contributed by atoms with Gasteiger partial charge in [0.1, 0.15) is 5.75 Å². The number of hydrogen-bond acceptors (Lipinski definition) is 9. The van der Waals surface area contributed by atoms with Crippen LogP contribution in [-0.2, 0) is 6.54 Å². The molecule has 1 aliphatic heterocycles. The zero-order valence-corrected chi connectivity index (χ0v) is 21.5. The van der Waals surface area contributed by atoms with E-state index in [1.165, 1.54) is 12.1 Å². The minimum absolute atomic E-state index is 0.0248. The third-order valence-corrected chi connectivity index (χ3v) is 6.55. The molecule has 1 saturated heterocycles. The van der Waals surface area contributed by atoms with Gasteiger partial charge in [-0.15, -0.1) is 6.58 Å². The smallest absolute Gasteiger partial charge is 0.269 e. The molecule has 12 heteroatoms. The van der Waals surface area contributed by atoms with Crippen molar-refractivity contribution in [3.8, 4) is 5.75 Å². The highest BCUT2D eigenvalue weighted by Crippen LogP contribution is 2.25. The summed E-state index contributed by atoms with van der Waals surface area (Å²) in [7, 11) is 1.59. The summed E-state index contributed by atoms with van der Waals surface area (Å²) in [5, 5.41) is 14.2. The Morgan fingerprint density at radius 1 is 1.10 bits per heavy atom. The van der Waals surface area contributed by atoms with Crippen LogP contribution in [0, 0.1) is 10.1 Å². The lowest BCUT2D eigenvalue weighted by atomic mass is 10.1. The number of nitrogens with zero attached hydrogens (tertiary/aromatic N) is 7. The lowest BCUT2D eigenvalue weighted by Crippen LogP contribution is -2.49. The fourth-order valence-corrected chi connectivity index (χ4v) is 4.43. The van der Waals surface area contributed by atoms with E-state index in [4.69, 9.17) is 14.7 Å². The number of carbonyl (C=O) groups is 1. The van der Waals surface area contributed by atoms with Crippen LogP contribution >= 0.6 is 0 Å². The number of amides is 1. The molecule has 1 fully saturated rings. The van der Waals surface area contributed by atoms with Crippen molar-refractivity contribution in [2.24, 2.45) is 0 Å². The van der Waals surface area contributed by atoms with Crippen LogP contribution in [0.25, 0.3) is 11.2 Å². The Kier molecular flexibility index (Phi) is 7.34. The second kappa shape index (κ2) is 11.2. The number of rotatable bonds is 9. The van der Waals surface area contributed by atoms with Gasteiger partial charge in [0.25, 0.3) is 11.6 Å². The predicted octanol–water partition coefficient (Wildman–Crippen LogP) is 3.35. The fraction of sp³-hybridized carbons (Fsp3) is 0.259. The van der Waals surface area contributed by atoms with Gasteiger partial charge in [0.05, 0.1) is 24.9 Å². The Bertz CT molecular complexity index is 1490. The number of aromatic nitrogens is 4. The van der Waals surface area contributed by atoms with Crippen molar-refractivity contribution in [1.29, 1.82) is 0 Å². The summed E-state index contributed by atoms with van der Waals surface area (Å²) in [5.74, 6) is 1.81. The van der Waals surface area contributed by atoms with Crippen molar-refractivity contribution in [3.63, 3.8) is 0 Å². The molecule has 4 aromatic rings. The molecule has 39 heavy (non-hydrogen) atoms. The second-order valence-corrected chi connectivity index (χ2v) is 9.02. The Morgan fingerprint density at radius 2 is 1.82 bits per heavy atom. The van der Waals surface area contributed by atoms with E-state index in [9.17, 15) is 14.9 Å². The van der Waals surface area contributed by atoms with Crippen LogP contribution in [0.4, 0.5) is 17.5 Å². The van der Waals surface area contributed by atoms with Gasteiger partial charge in [0.15, 0.2) is 17.0 Å². The lowest BCUT2D eigenvalue weighted by Gasteiger charge is -2.35. The summed E-state index contributed by atoms with van der Waals surface area (Å²) < 4.78 is 7.08. The van der Waals surface area contributed by atoms with Gasteiger partial charge >= 0.3 is 0 Å². The SMILES string of the molecule is C=CCNc1nc(N2CCN(C(=O)c3ccc(OC)cc3)CC2)nc2c1ncn2Cc1ccc([N+](=O)[O-])cc1. The molecule has 0 radical (unpaired) electrons. The highest BCUT2D eigenvalue weighted by molar-refractivity contribution is 5.94. The lowest BCUT2D eigenvalue weighted by molar-refractivity contribution is -0.384. The average Bonchev–Trinajstić information content (AvgIpc) is 3.38. The normalized spacial score (nSPS) is 13.4. The first-order valence-corrected chi connectivity index (χ1v) is 12.5. The Hall–Kier alpha value is -5.00. The molecule has 0 bridgehead atoms. The van der Waals surface area contributed by atoms with Gasteiger partial charge in [-0.3, -0.25) is 14.9 Å². The van der Waals surface area contributed by atoms with Gasteiger partial charge in [0, 0.05) is 50.4 Å². The van der Waals surface area contributed by atoms with Crippen molar-refractivity contribution in [2.75, 3.05) is 50.1 Å². The Labute approximate surface area is 224 Å². The Balaban J connectivity index is 1.36. The molecule has 200 valence electrons. The molecule has 1 aliphatic rings. The minimum Gasteiger partial charge on any atom is -0.497 e. The molecule has 0 unspecified atom stereocenters. The number of piperazine rings is 1. The van der Waals surface area contributed by atoms with E-state index in [1.807, 2.05) is 9.47 Å². The van der Waals surface area contributed by atoms with Gasteiger partial charge < -0.3 is 24.4 Å². The third kappa shape index (κ3) is 5.49.